The molecule has 0 saturated heterocycles. The minimum absolute atomic E-state index is 0.181. The van der Waals surface area contributed by atoms with Gasteiger partial charge in [0.15, 0.2) is 0 Å². The Morgan fingerprint density at radius 1 is 1.33 bits per heavy atom. The highest BCUT2D eigenvalue weighted by atomic mass is 35.5. The van der Waals surface area contributed by atoms with E-state index in [1.165, 1.54) is 6.07 Å². The lowest BCUT2D eigenvalue weighted by Gasteiger charge is -2.70. The van der Waals surface area contributed by atoms with E-state index in [0.717, 1.165) is 24.8 Å². The fourth-order valence-electron chi connectivity index (χ4n) is 3.30. The van der Waals surface area contributed by atoms with Gasteiger partial charge in [-0.3, -0.25) is 0 Å². The van der Waals surface area contributed by atoms with Crippen LogP contribution >= 0.6 is 11.6 Å². The van der Waals surface area contributed by atoms with Crippen molar-refractivity contribution in [3.05, 3.63) is 34.6 Å². The molecule has 1 aromatic carbocycles. The highest BCUT2D eigenvalue weighted by Gasteiger charge is 2.67. The van der Waals surface area contributed by atoms with Crippen LogP contribution in [0.15, 0.2) is 18.2 Å². The van der Waals surface area contributed by atoms with Gasteiger partial charge < -0.3 is 5.11 Å². The lowest BCUT2D eigenvalue weighted by Crippen LogP contribution is -2.66. The third kappa shape index (κ3) is 1.12. The molecule has 3 heteroatoms. The quantitative estimate of drug-likeness (QED) is 0.822. The van der Waals surface area contributed by atoms with Gasteiger partial charge in [-0.05, 0) is 47.8 Å². The van der Waals surface area contributed by atoms with Gasteiger partial charge in [0, 0.05) is 6.61 Å². The van der Waals surface area contributed by atoms with Crippen LogP contribution in [0.3, 0.4) is 0 Å². The predicted octanol–water partition coefficient (Wildman–Crippen LogP) is 2.89. The molecule has 80 valence electrons. The molecule has 1 nitrogen and oxygen atoms in total. The molecular formula is C12H12ClFO. The van der Waals surface area contributed by atoms with E-state index in [4.69, 9.17) is 16.7 Å². The molecule has 3 saturated carbocycles. The number of rotatable bonds is 2. The highest BCUT2D eigenvalue weighted by Crippen LogP contribution is 2.73. The lowest BCUT2D eigenvalue weighted by atomic mass is 9.34. The number of aliphatic hydroxyl groups is 1. The first-order valence-electron chi connectivity index (χ1n) is 5.16. The summed E-state index contributed by atoms with van der Waals surface area (Å²) in [5, 5.41) is 9.36. The zero-order chi connectivity index (χ0) is 10.7. The van der Waals surface area contributed by atoms with E-state index >= 15 is 0 Å². The van der Waals surface area contributed by atoms with E-state index in [1.807, 2.05) is 6.07 Å². The van der Waals surface area contributed by atoms with Crippen LogP contribution in [0, 0.1) is 11.2 Å². The second-order valence-corrected chi connectivity index (χ2v) is 5.50. The predicted molar refractivity (Wildman–Crippen MR) is 56.5 cm³/mol. The van der Waals surface area contributed by atoms with Crippen LogP contribution in [0.25, 0.3) is 0 Å². The first kappa shape index (κ1) is 9.61. The maximum Gasteiger partial charge on any atom is 0.141 e. The van der Waals surface area contributed by atoms with Crippen molar-refractivity contribution in [2.75, 3.05) is 6.61 Å². The molecule has 0 spiro atoms. The first-order chi connectivity index (χ1) is 7.09. The summed E-state index contributed by atoms with van der Waals surface area (Å²) >= 11 is 5.76. The number of halogens is 2. The maximum absolute atomic E-state index is 13.0. The molecule has 2 bridgehead atoms. The van der Waals surface area contributed by atoms with Crippen LogP contribution in [-0.4, -0.2) is 11.7 Å². The van der Waals surface area contributed by atoms with Gasteiger partial charge in [0.2, 0.25) is 0 Å². The van der Waals surface area contributed by atoms with Crippen molar-refractivity contribution in [1.29, 1.82) is 0 Å². The average molecular weight is 227 g/mol. The highest BCUT2D eigenvalue weighted by molar-refractivity contribution is 6.30. The topological polar surface area (TPSA) is 20.2 Å². The molecule has 0 aliphatic heterocycles. The van der Waals surface area contributed by atoms with Crippen molar-refractivity contribution in [2.24, 2.45) is 5.41 Å². The smallest absolute Gasteiger partial charge is 0.141 e. The summed E-state index contributed by atoms with van der Waals surface area (Å²) in [6.07, 6.45) is 3.08. The molecular weight excluding hydrogens is 215 g/mol. The van der Waals surface area contributed by atoms with Crippen LogP contribution < -0.4 is 0 Å². The molecule has 3 aliphatic rings. The third-order valence-electron chi connectivity index (χ3n) is 4.01. The molecule has 1 N–H and O–H groups in total. The molecule has 0 atom stereocenters. The summed E-state index contributed by atoms with van der Waals surface area (Å²) in [4.78, 5) is 0. The standard InChI is InChI=1S/C12H12ClFO/c13-9-3-8(1-2-10(9)14)12-4-11(5-12,6-12)7-15/h1-3,15H,4-7H2. The minimum atomic E-state index is -0.358. The summed E-state index contributed by atoms with van der Waals surface area (Å²) in [5.74, 6) is -0.358. The number of hydrogen-bond donors (Lipinski definition) is 1. The average Bonchev–Trinajstić information content (AvgIpc) is 2.07. The normalized spacial score (nSPS) is 37.0. The van der Waals surface area contributed by atoms with Crippen molar-refractivity contribution in [1.82, 2.24) is 0 Å². The van der Waals surface area contributed by atoms with Crippen LogP contribution in [-0.2, 0) is 5.41 Å². The van der Waals surface area contributed by atoms with Gasteiger partial charge in [0.1, 0.15) is 5.82 Å². The van der Waals surface area contributed by atoms with Gasteiger partial charge >= 0.3 is 0 Å². The molecule has 0 amide bonds. The fourth-order valence-corrected chi connectivity index (χ4v) is 3.48. The SMILES string of the molecule is OCC12CC(c3ccc(F)c(Cl)c3)(C1)C2. The van der Waals surface area contributed by atoms with Crippen molar-refractivity contribution in [2.45, 2.75) is 24.7 Å². The summed E-state index contributed by atoms with van der Waals surface area (Å²) in [7, 11) is 0. The van der Waals surface area contributed by atoms with E-state index in [1.54, 1.807) is 6.07 Å². The van der Waals surface area contributed by atoms with E-state index in [9.17, 15) is 4.39 Å². The molecule has 1 aromatic rings. The Hall–Kier alpha value is -0.600. The Morgan fingerprint density at radius 3 is 2.53 bits per heavy atom. The number of hydrogen-bond acceptors (Lipinski definition) is 1. The zero-order valence-electron chi connectivity index (χ0n) is 8.26. The van der Waals surface area contributed by atoms with Crippen LogP contribution in [0.2, 0.25) is 5.02 Å². The number of benzene rings is 1. The molecule has 4 rings (SSSR count). The Bertz CT molecular complexity index is 410. The summed E-state index contributed by atoms with van der Waals surface area (Å²) in [6.45, 7) is 0.281. The fraction of sp³-hybridized carbons (Fsp3) is 0.500. The minimum Gasteiger partial charge on any atom is -0.396 e. The lowest BCUT2D eigenvalue weighted by molar-refractivity contribution is -0.167. The number of aliphatic hydroxyl groups excluding tert-OH is 1. The van der Waals surface area contributed by atoms with Crippen molar-refractivity contribution in [3.8, 4) is 0 Å². The van der Waals surface area contributed by atoms with Gasteiger partial charge in [-0.25, -0.2) is 4.39 Å². The molecule has 0 unspecified atom stereocenters. The molecule has 0 aromatic heterocycles. The van der Waals surface area contributed by atoms with E-state index in [-0.39, 0.29) is 28.3 Å². The molecule has 0 radical (unpaired) electrons. The Labute approximate surface area is 92.9 Å². The molecule has 15 heavy (non-hydrogen) atoms. The largest absolute Gasteiger partial charge is 0.396 e. The monoisotopic (exact) mass is 226 g/mol. The Kier molecular flexibility index (Phi) is 1.76. The maximum atomic E-state index is 13.0. The molecule has 0 heterocycles. The van der Waals surface area contributed by atoms with E-state index < -0.39 is 0 Å². The van der Waals surface area contributed by atoms with Crippen molar-refractivity contribution in [3.63, 3.8) is 0 Å². The molecule has 3 fully saturated rings. The van der Waals surface area contributed by atoms with E-state index in [0.29, 0.717) is 0 Å². The van der Waals surface area contributed by atoms with Crippen LogP contribution in [0.5, 0.6) is 0 Å². The third-order valence-corrected chi connectivity index (χ3v) is 4.30. The second-order valence-electron chi connectivity index (χ2n) is 5.10. The van der Waals surface area contributed by atoms with Crippen molar-refractivity contribution < 1.29 is 9.50 Å². The van der Waals surface area contributed by atoms with Gasteiger partial charge in [0.05, 0.1) is 5.02 Å². The van der Waals surface area contributed by atoms with Crippen LogP contribution in [0.4, 0.5) is 4.39 Å². The molecule has 3 aliphatic carbocycles. The Morgan fingerprint density at radius 2 is 2.00 bits per heavy atom. The van der Waals surface area contributed by atoms with Crippen LogP contribution in [0.1, 0.15) is 24.8 Å². The van der Waals surface area contributed by atoms with Gasteiger partial charge in [-0.15, -0.1) is 0 Å². The Balaban J connectivity index is 1.88. The van der Waals surface area contributed by atoms with E-state index in [2.05, 4.69) is 0 Å². The summed E-state index contributed by atoms with van der Waals surface area (Å²) < 4.78 is 13.0. The second kappa shape index (κ2) is 2.74. The summed E-state index contributed by atoms with van der Waals surface area (Å²) in [6, 6.07) is 4.99. The zero-order valence-corrected chi connectivity index (χ0v) is 9.02. The van der Waals surface area contributed by atoms with Crippen molar-refractivity contribution >= 4 is 11.6 Å². The van der Waals surface area contributed by atoms with Gasteiger partial charge in [-0.1, -0.05) is 17.7 Å². The summed E-state index contributed by atoms with van der Waals surface area (Å²) in [5.41, 5.74) is 1.50. The van der Waals surface area contributed by atoms with Gasteiger partial charge in [0.25, 0.3) is 0 Å². The van der Waals surface area contributed by atoms with Gasteiger partial charge in [-0.2, -0.15) is 0 Å². The first-order valence-corrected chi connectivity index (χ1v) is 5.54.